The van der Waals surface area contributed by atoms with Crippen LogP contribution in [0.1, 0.15) is 45.4 Å². The maximum atomic E-state index is 9.90. The molecule has 0 bridgehead atoms. The van der Waals surface area contributed by atoms with Crippen molar-refractivity contribution in [2.24, 2.45) is 16.7 Å². The first-order chi connectivity index (χ1) is 7.61. The van der Waals surface area contributed by atoms with Gasteiger partial charge in [0.1, 0.15) is 0 Å². The van der Waals surface area contributed by atoms with Gasteiger partial charge in [-0.3, -0.25) is 0 Å². The highest BCUT2D eigenvalue weighted by Gasteiger charge is 2.58. The molecule has 0 aromatic rings. The summed E-state index contributed by atoms with van der Waals surface area (Å²) in [7, 11) is 0. The Labute approximate surface area is 97.4 Å². The number of aliphatic hydroxyl groups is 2. The number of hydrogen-bond donors (Lipinski definition) is 2. The fraction of sp³-hybridized carbons (Fsp3) is 0.857. The summed E-state index contributed by atoms with van der Waals surface area (Å²) in [5.74, 6) is 0.695. The van der Waals surface area contributed by atoms with Crippen LogP contribution in [0.15, 0.2) is 11.6 Å². The highest BCUT2D eigenvalue weighted by atomic mass is 16.3. The third kappa shape index (κ3) is 1.15. The van der Waals surface area contributed by atoms with E-state index in [0.29, 0.717) is 5.92 Å². The molecule has 16 heavy (non-hydrogen) atoms. The molecule has 0 saturated heterocycles. The van der Waals surface area contributed by atoms with Gasteiger partial charge in [0.05, 0.1) is 6.10 Å². The molecule has 90 valence electrons. The van der Waals surface area contributed by atoms with Crippen molar-refractivity contribution in [2.75, 3.05) is 6.61 Å². The van der Waals surface area contributed by atoms with Crippen LogP contribution in [0.5, 0.6) is 0 Å². The van der Waals surface area contributed by atoms with E-state index in [1.54, 1.807) is 5.57 Å². The summed E-state index contributed by atoms with van der Waals surface area (Å²) in [6.07, 6.45) is 8.48. The van der Waals surface area contributed by atoms with Crippen molar-refractivity contribution < 1.29 is 10.2 Å². The van der Waals surface area contributed by atoms with Crippen LogP contribution in [0.25, 0.3) is 0 Å². The number of hydrogen-bond acceptors (Lipinski definition) is 2. The first-order valence-corrected chi connectivity index (χ1v) is 6.59. The molecule has 0 aromatic carbocycles. The normalized spacial score (nSPS) is 51.1. The van der Waals surface area contributed by atoms with Crippen molar-refractivity contribution in [3.05, 3.63) is 11.6 Å². The van der Waals surface area contributed by atoms with Gasteiger partial charge in [-0.2, -0.15) is 0 Å². The molecule has 0 heterocycles. The van der Waals surface area contributed by atoms with Crippen LogP contribution in [0.2, 0.25) is 0 Å². The van der Waals surface area contributed by atoms with Gasteiger partial charge in [0.2, 0.25) is 0 Å². The molecule has 0 aromatic heterocycles. The molecule has 2 nitrogen and oxygen atoms in total. The van der Waals surface area contributed by atoms with E-state index in [9.17, 15) is 10.2 Å². The lowest BCUT2D eigenvalue weighted by molar-refractivity contribution is -0.127. The zero-order valence-electron chi connectivity index (χ0n) is 10.1. The van der Waals surface area contributed by atoms with Gasteiger partial charge in [0, 0.05) is 12.0 Å². The van der Waals surface area contributed by atoms with Crippen molar-refractivity contribution in [1.29, 1.82) is 0 Å². The van der Waals surface area contributed by atoms with Gasteiger partial charge in [0.15, 0.2) is 0 Å². The molecule has 0 radical (unpaired) electrons. The van der Waals surface area contributed by atoms with Crippen molar-refractivity contribution in [3.63, 3.8) is 0 Å². The van der Waals surface area contributed by atoms with E-state index in [1.807, 2.05) is 0 Å². The van der Waals surface area contributed by atoms with Gasteiger partial charge in [-0.05, 0) is 49.9 Å². The van der Waals surface area contributed by atoms with E-state index < -0.39 is 0 Å². The highest BCUT2D eigenvalue weighted by molar-refractivity contribution is 5.27. The summed E-state index contributed by atoms with van der Waals surface area (Å²) in [5.41, 5.74) is 1.82. The van der Waals surface area contributed by atoms with Gasteiger partial charge in [-0.25, -0.2) is 0 Å². The minimum Gasteiger partial charge on any atom is -0.396 e. The molecular formula is C14H22O2. The van der Waals surface area contributed by atoms with E-state index in [-0.39, 0.29) is 23.5 Å². The highest BCUT2D eigenvalue weighted by Crippen LogP contribution is 2.65. The Kier molecular flexibility index (Phi) is 2.25. The molecule has 1 unspecified atom stereocenters. The second-order valence-electron chi connectivity index (χ2n) is 6.33. The molecule has 0 amide bonds. The second kappa shape index (κ2) is 3.33. The molecule has 2 heteroatoms. The maximum absolute atomic E-state index is 9.90. The van der Waals surface area contributed by atoms with E-state index in [4.69, 9.17) is 0 Å². The Morgan fingerprint density at radius 3 is 2.88 bits per heavy atom. The van der Waals surface area contributed by atoms with Crippen LogP contribution in [-0.4, -0.2) is 22.9 Å². The third-order valence-electron chi connectivity index (χ3n) is 5.83. The second-order valence-corrected chi connectivity index (χ2v) is 6.33. The summed E-state index contributed by atoms with van der Waals surface area (Å²) in [4.78, 5) is 0. The van der Waals surface area contributed by atoms with Crippen LogP contribution in [0, 0.1) is 16.7 Å². The number of allylic oxidation sites excluding steroid dienone is 2. The van der Waals surface area contributed by atoms with E-state index in [0.717, 1.165) is 25.7 Å². The standard InChI is InChI=1S/C14H22O2/c1-13-6-5-11(16)8-14(13,9-15)7-4-10-2-3-12(10)13/h4,11-12,15-16H,2-3,5-9H2,1H3/t11-,12?,13+,14-/m0/s1. The molecule has 0 aliphatic heterocycles. The van der Waals surface area contributed by atoms with E-state index in [1.165, 1.54) is 12.8 Å². The van der Waals surface area contributed by atoms with Crippen LogP contribution in [0.3, 0.4) is 0 Å². The largest absolute Gasteiger partial charge is 0.396 e. The summed E-state index contributed by atoms with van der Waals surface area (Å²) in [6.45, 7) is 2.59. The Hall–Kier alpha value is -0.340. The topological polar surface area (TPSA) is 40.5 Å². The smallest absolute Gasteiger partial charge is 0.0547 e. The number of fused-ring (bicyclic) bond motifs is 3. The number of rotatable bonds is 1. The van der Waals surface area contributed by atoms with Crippen molar-refractivity contribution in [3.8, 4) is 0 Å². The first-order valence-electron chi connectivity index (χ1n) is 6.59. The third-order valence-corrected chi connectivity index (χ3v) is 5.83. The predicted octanol–water partition coefficient (Wildman–Crippen LogP) is 2.26. The average molecular weight is 222 g/mol. The quantitative estimate of drug-likeness (QED) is 0.668. The van der Waals surface area contributed by atoms with Crippen molar-refractivity contribution in [2.45, 2.75) is 51.6 Å². The average Bonchev–Trinajstić information content (AvgIpc) is 2.21. The van der Waals surface area contributed by atoms with Crippen LogP contribution < -0.4 is 0 Å². The van der Waals surface area contributed by atoms with Crippen LogP contribution >= 0.6 is 0 Å². The van der Waals surface area contributed by atoms with Crippen molar-refractivity contribution >= 4 is 0 Å². The SMILES string of the molecule is C[C@]12CC[C@H](O)C[C@]1(CO)CC=C1CCC12. The van der Waals surface area contributed by atoms with Gasteiger partial charge in [-0.1, -0.05) is 18.6 Å². The molecule has 3 aliphatic rings. The Morgan fingerprint density at radius 1 is 1.44 bits per heavy atom. The fourth-order valence-electron chi connectivity index (χ4n) is 4.44. The lowest BCUT2D eigenvalue weighted by Gasteiger charge is -2.61. The zero-order valence-corrected chi connectivity index (χ0v) is 10.1. The molecule has 3 aliphatic carbocycles. The van der Waals surface area contributed by atoms with Gasteiger partial charge in [0.25, 0.3) is 0 Å². The molecule has 2 fully saturated rings. The minimum absolute atomic E-state index is 0.0424. The number of aliphatic hydroxyl groups excluding tert-OH is 2. The molecule has 0 spiro atoms. The predicted molar refractivity (Wildman–Crippen MR) is 62.9 cm³/mol. The molecule has 4 atom stereocenters. The van der Waals surface area contributed by atoms with Gasteiger partial charge >= 0.3 is 0 Å². The maximum Gasteiger partial charge on any atom is 0.0547 e. The summed E-state index contributed by atoms with van der Waals surface area (Å²) < 4.78 is 0. The minimum atomic E-state index is -0.199. The molecule has 2 N–H and O–H groups in total. The summed E-state index contributed by atoms with van der Waals surface area (Å²) in [6, 6.07) is 0. The Balaban J connectivity index is 2.01. The zero-order chi connectivity index (χ0) is 11.4. The van der Waals surface area contributed by atoms with Crippen LogP contribution in [0.4, 0.5) is 0 Å². The van der Waals surface area contributed by atoms with E-state index in [2.05, 4.69) is 13.0 Å². The molecular weight excluding hydrogens is 200 g/mol. The summed E-state index contributed by atoms with van der Waals surface area (Å²) >= 11 is 0. The first kappa shape index (κ1) is 10.8. The lowest BCUT2D eigenvalue weighted by Crippen LogP contribution is -2.56. The Morgan fingerprint density at radius 2 is 2.25 bits per heavy atom. The molecule has 3 rings (SSSR count). The van der Waals surface area contributed by atoms with Crippen LogP contribution in [-0.2, 0) is 0 Å². The lowest BCUT2D eigenvalue weighted by atomic mass is 9.43. The Bertz CT molecular complexity index is 336. The molecule has 2 saturated carbocycles. The van der Waals surface area contributed by atoms with Crippen molar-refractivity contribution in [1.82, 2.24) is 0 Å². The van der Waals surface area contributed by atoms with E-state index >= 15 is 0 Å². The summed E-state index contributed by atoms with van der Waals surface area (Å²) in [5, 5.41) is 19.7. The monoisotopic (exact) mass is 222 g/mol. The fourth-order valence-corrected chi connectivity index (χ4v) is 4.44. The van der Waals surface area contributed by atoms with Gasteiger partial charge < -0.3 is 10.2 Å². The van der Waals surface area contributed by atoms with Gasteiger partial charge in [-0.15, -0.1) is 0 Å².